The van der Waals surface area contributed by atoms with Gasteiger partial charge in [-0.3, -0.25) is 4.98 Å². The van der Waals surface area contributed by atoms with Gasteiger partial charge in [0.05, 0.1) is 11.6 Å². The van der Waals surface area contributed by atoms with E-state index >= 15 is 0 Å². The largest absolute Gasteiger partial charge is 0.380 e. The molecule has 1 aromatic heterocycles. The highest BCUT2D eigenvalue weighted by Gasteiger charge is 2.23. The van der Waals surface area contributed by atoms with Gasteiger partial charge in [0.2, 0.25) is 0 Å². The van der Waals surface area contributed by atoms with Gasteiger partial charge < -0.3 is 9.64 Å². The quantitative estimate of drug-likeness (QED) is 0.852. The van der Waals surface area contributed by atoms with Crippen LogP contribution in [0.5, 0.6) is 0 Å². The maximum Gasteiger partial charge on any atom is 0.0762 e. The number of pyridine rings is 1. The summed E-state index contributed by atoms with van der Waals surface area (Å²) in [7, 11) is 1.79. The summed E-state index contributed by atoms with van der Waals surface area (Å²) in [4.78, 5) is 6.79. The Morgan fingerprint density at radius 2 is 2.28 bits per heavy atom. The summed E-state index contributed by atoms with van der Waals surface area (Å²) in [6.07, 6.45) is 3.32. The van der Waals surface area contributed by atoms with Gasteiger partial charge in [-0.1, -0.05) is 15.9 Å². The molecule has 1 atom stereocenters. The van der Waals surface area contributed by atoms with Gasteiger partial charge >= 0.3 is 0 Å². The van der Waals surface area contributed by atoms with Crippen LogP contribution in [-0.4, -0.2) is 31.3 Å². The lowest BCUT2D eigenvalue weighted by atomic mass is 10.2. The van der Waals surface area contributed by atoms with Gasteiger partial charge in [-0.2, -0.15) is 0 Å². The average Bonchev–Trinajstić information content (AvgIpc) is 2.86. The monoisotopic (exact) mass is 306 g/mol. The van der Waals surface area contributed by atoms with Crippen LogP contribution in [0.15, 0.2) is 34.9 Å². The molecule has 4 heteroatoms. The van der Waals surface area contributed by atoms with Gasteiger partial charge in [0.1, 0.15) is 0 Å². The zero-order valence-corrected chi connectivity index (χ0v) is 11.9. The lowest BCUT2D eigenvalue weighted by Gasteiger charge is -2.20. The summed E-state index contributed by atoms with van der Waals surface area (Å²) in [6, 6.07) is 8.30. The molecule has 2 heterocycles. The average molecular weight is 307 g/mol. The molecule has 0 saturated carbocycles. The third kappa shape index (κ3) is 2.10. The molecule has 0 aliphatic carbocycles. The maximum absolute atomic E-state index is 5.43. The number of ether oxygens (including phenoxy) is 1. The summed E-state index contributed by atoms with van der Waals surface area (Å²) in [5.74, 6) is 0. The van der Waals surface area contributed by atoms with Crippen molar-refractivity contribution in [3.05, 3.63) is 34.9 Å². The zero-order valence-electron chi connectivity index (χ0n) is 10.3. The van der Waals surface area contributed by atoms with Crippen LogP contribution >= 0.6 is 15.9 Å². The molecule has 3 nitrogen and oxygen atoms in total. The molecule has 0 spiro atoms. The molecular formula is C14H15BrN2O. The van der Waals surface area contributed by atoms with Crippen LogP contribution in [-0.2, 0) is 4.74 Å². The number of nitrogens with zero attached hydrogens (tertiary/aromatic N) is 2. The van der Waals surface area contributed by atoms with Gasteiger partial charge in [-0.05, 0) is 30.7 Å². The topological polar surface area (TPSA) is 25.4 Å². The summed E-state index contributed by atoms with van der Waals surface area (Å²) in [5.41, 5.74) is 2.29. The molecule has 94 valence electrons. The van der Waals surface area contributed by atoms with E-state index in [1.165, 1.54) is 11.1 Å². The Labute approximate surface area is 115 Å². The first-order chi connectivity index (χ1) is 8.78. The molecule has 2 aromatic rings. The van der Waals surface area contributed by atoms with E-state index in [0.717, 1.165) is 29.5 Å². The predicted octanol–water partition coefficient (Wildman–Crippen LogP) is 3.22. The maximum atomic E-state index is 5.43. The second-order valence-electron chi connectivity index (χ2n) is 4.58. The minimum Gasteiger partial charge on any atom is -0.380 e. The number of anilines is 1. The van der Waals surface area contributed by atoms with Crippen LogP contribution in [0.4, 0.5) is 5.69 Å². The van der Waals surface area contributed by atoms with E-state index < -0.39 is 0 Å². The number of hydrogen-bond donors (Lipinski definition) is 0. The molecule has 0 N–H and O–H groups in total. The van der Waals surface area contributed by atoms with Crippen LogP contribution in [0.3, 0.4) is 0 Å². The first-order valence-corrected chi connectivity index (χ1v) is 6.89. The molecule has 1 fully saturated rings. The number of hydrogen-bond acceptors (Lipinski definition) is 3. The Hall–Kier alpha value is -1.13. The minimum atomic E-state index is 0.348. The summed E-state index contributed by atoms with van der Waals surface area (Å²) in [6.45, 7) is 2.01. The Morgan fingerprint density at radius 3 is 3.06 bits per heavy atom. The fourth-order valence-electron chi connectivity index (χ4n) is 2.52. The molecule has 1 saturated heterocycles. The van der Waals surface area contributed by atoms with Crippen molar-refractivity contribution in [2.45, 2.75) is 12.5 Å². The van der Waals surface area contributed by atoms with Crippen molar-refractivity contribution in [1.29, 1.82) is 0 Å². The number of methoxy groups -OCH3 is 1. The molecule has 1 aliphatic heterocycles. The first kappa shape index (κ1) is 11.9. The number of halogens is 1. The fourth-order valence-corrected chi connectivity index (χ4v) is 2.88. The third-order valence-electron chi connectivity index (χ3n) is 3.50. The summed E-state index contributed by atoms with van der Waals surface area (Å²) in [5, 5.41) is 1.20. The normalized spacial score (nSPS) is 19.7. The van der Waals surface area contributed by atoms with E-state index in [2.05, 4.69) is 37.9 Å². The molecule has 0 amide bonds. The lowest BCUT2D eigenvalue weighted by Crippen LogP contribution is -2.22. The van der Waals surface area contributed by atoms with Gasteiger partial charge in [-0.25, -0.2) is 0 Å². The number of rotatable bonds is 2. The lowest BCUT2D eigenvalue weighted by molar-refractivity contribution is 0.121. The van der Waals surface area contributed by atoms with Crippen LogP contribution in [0.2, 0.25) is 0 Å². The minimum absolute atomic E-state index is 0.348. The molecule has 1 aliphatic rings. The van der Waals surface area contributed by atoms with Crippen molar-refractivity contribution in [3.63, 3.8) is 0 Å². The molecular weight excluding hydrogens is 292 g/mol. The first-order valence-electron chi connectivity index (χ1n) is 6.10. The van der Waals surface area contributed by atoms with Crippen molar-refractivity contribution in [2.75, 3.05) is 25.1 Å². The van der Waals surface area contributed by atoms with Crippen molar-refractivity contribution in [1.82, 2.24) is 4.98 Å². The Kier molecular flexibility index (Phi) is 3.22. The Morgan fingerprint density at radius 1 is 1.39 bits per heavy atom. The number of benzene rings is 1. The standard InChI is InChI=1S/C14H15BrN2O/c1-18-11-5-7-17(9-11)14-4-6-16-13-3-2-10(15)8-12(13)14/h2-4,6,8,11H,5,7,9H2,1H3. The second kappa shape index (κ2) is 4.86. The van der Waals surface area contributed by atoms with E-state index in [0.29, 0.717) is 6.10 Å². The van der Waals surface area contributed by atoms with Gasteiger partial charge in [0.25, 0.3) is 0 Å². The van der Waals surface area contributed by atoms with E-state index in [1.54, 1.807) is 7.11 Å². The highest BCUT2D eigenvalue weighted by atomic mass is 79.9. The van der Waals surface area contributed by atoms with Crippen molar-refractivity contribution in [2.24, 2.45) is 0 Å². The van der Waals surface area contributed by atoms with Gasteiger partial charge in [0, 0.05) is 41.9 Å². The van der Waals surface area contributed by atoms with Crippen molar-refractivity contribution >= 4 is 32.5 Å². The number of fused-ring (bicyclic) bond motifs is 1. The smallest absolute Gasteiger partial charge is 0.0762 e. The molecule has 1 unspecified atom stereocenters. The van der Waals surface area contributed by atoms with Crippen LogP contribution < -0.4 is 4.90 Å². The van der Waals surface area contributed by atoms with Crippen LogP contribution in [0.25, 0.3) is 10.9 Å². The van der Waals surface area contributed by atoms with Crippen molar-refractivity contribution < 1.29 is 4.74 Å². The number of aromatic nitrogens is 1. The third-order valence-corrected chi connectivity index (χ3v) is 3.99. The predicted molar refractivity (Wildman–Crippen MR) is 77.1 cm³/mol. The molecule has 1 aromatic carbocycles. The molecule has 0 radical (unpaired) electrons. The molecule has 3 rings (SSSR count). The van der Waals surface area contributed by atoms with Gasteiger partial charge in [0.15, 0.2) is 0 Å². The summed E-state index contributed by atoms with van der Waals surface area (Å²) < 4.78 is 6.52. The molecule has 18 heavy (non-hydrogen) atoms. The summed E-state index contributed by atoms with van der Waals surface area (Å²) >= 11 is 3.53. The Balaban J connectivity index is 2.04. The van der Waals surface area contributed by atoms with E-state index in [4.69, 9.17) is 4.74 Å². The highest BCUT2D eigenvalue weighted by molar-refractivity contribution is 9.10. The molecule has 0 bridgehead atoms. The van der Waals surface area contributed by atoms with E-state index in [-0.39, 0.29) is 0 Å². The van der Waals surface area contributed by atoms with Gasteiger partial charge in [-0.15, -0.1) is 0 Å². The Bertz CT molecular complexity index is 573. The fraction of sp³-hybridized carbons (Fsp3) is 0.357. The van der Waals surface area contributed by atoms with E-state index in [1.807, 2.05) is 18.3 Å². The highest BCUT2D eigenvalue weighted by Crippen LogP contribution is 2.30. The second-order valence-corrected chi connectivity index (χ2v) is 5.50. The SMILES string of the molecule is COC1CCN(c2ccnc3ccc(Br)cc23)C1. The van der Waals surface area contributed by atoms with Crippen molar-refractivity contribution in [3.8, 4) is 0 Å². The zero-order chi connectivity index (χ0) is 12.5. The van der Waals surface area contributed by atoms with E-state index in [9.17, 15) is 0 Å². The van der Waals surface area contributed by atoms with Crippen LogP contribution in [0, 0.1) is 0 Å². The van der Waals surface area contributed by atoms with Crippen LogP contribution in [0.1, 0.15) is 6.42 Å².